The second-order valence-corrected chi connectivity index (χ2v) is 7.60. The van der Waals surface area contributed by atoms with E-state index in [4.69, 9.17) is 11.6 Å². The lowest BCUT2D eigenvalue weighted by Gasteiger charge is -2.02. The minimum absolute atomic E-state index is 0.0545. The summed E-state index contributed by atoms with van der Waals surface area (Å²) in [6, 6.07) is 7.78. The van der Waals surface area contributed by atoms with Crippen molar-refractivity contribution in [3.63, 3.8) is 0 Å². The molecule has 4 aromatic rings. The zero-order chi connectivity index (χ0) is 19.0. The standard InChI is InChI=1S/C18H15ClN6OS/c1-10-3-4-12(8-14(10)19)7-13-9-21-18(27-13)23-16(26)15-22-17-20-6-5-11(2)25(17)24-15/h3-6,8-9H,7H2,1-2H3,(H,21,23,26). The number of thiazole rings is 1. The predicted octanol–water partition coefficient (Wildman–Crippen LogP) is 3.69. The molecule has 1 amide bonds. The highest BCUT2D eigenvalue weighted by atomic mass is 35.5. The molecule has 0 bridgehead atoms. The molecule has 0 radical (unpaired) electrons. The highest BCUT2D eigenvalue weighted by molar-refractivity contribution is 7.15. The van der Waals surface area contributed by atoms with Crippen LogP contribution in [0.5, 0.6) is 0 Å². The van der Waals surface area contributed by atoms with E-state index >= 15 is 0 Å². The summed E-state index contributed by atoms with van der Waals surface area (Å²) in [5, 5.41) is 8.18. The van der Waals surface area contributed by atoms with Gasteiger partial charge in [0, 0.05) is 34.4 Å². The first-order valence-electron chi connectivity index (χ1n) is 8.19. The van der Waals surface area contributed by atoms with Gasteiger partial charge in [0.25, 0.3) is 11.7 Å². The van der Waals surface area contributed by atoms with Crippen LogP contribution in [0, 0.1) is 13.8 Å². The largest absolute Gasteiger partial charge is 0.297 e. The summed E-state index contributed by atoms with van der Waals surface area (Å²) in [4.78, 5) is 26.0. The van der Waals surface area contributed by atoms with Crippen LogP contribution in [0.2, 0.25) is 5.02 Å². The molecule has 0 fully saturated rings. The van der Waals surface area contributed by atoms with Crippen molar-refractivity contribution in [2.45, 2.75) is 20.3 Å². The maximum Gasteiger partial charge on any atom is 0.297 e. The van der Waals surface area contributed by atoms with Crippen molar-refractivity contribution < 1.29 is 4.79 Å². The van der Waals surface area contributed by atoms with Gasteiger partial charge in [-0.15, -0.1) is 16.4 Å². The molecule has 3 heterocycles. The Kier molecular flexibility index (Phi) is 4.59. The van der Waals surface area contributed by atoms with Crippen LogP contribution < -0.4 is 5.32 Å². The topological polar surface area (TPSA) is 85.1 Å². The van der Waals surface area contributed by atoms with Gasteiger partial charge < -0.3 is 0 Å². The monoisotopic (exact) mass is 398 g/mol. The SMILES string of the molecule is Cc1ccc(Cc2cnc(NC(=O)c3nc4nccc(C)n4n3)s2)cc1Cl. The number of amides is 1. The summed E-state index contributed by atoms with van der Waals surface area (Å²) in [6.45, 7) is 3.84. The molecule has 3 aromatic heterocycles. The molecule has 9 heteroatoms. The maximum atomic E-state index is 12.4. The van der Waals surface area contributed by atoms with Gasteiger partial charge in [-0.25, -0.2) is 14.5 Å². The third-order valence-corrected chi connectivity index (χ3v) is 5.34. The van der Waals surface area contributed by atoms with Crippen LogP contribution in [0.15, 0.2) is 36.7 Å². The first-order valence-corrected chi connectivity index (χ1v) is 9.38. The average Bonchev–Trinajstić information content (AvgIpc) is 3.26. The Morgan fingerprint density at radius 2 is 2.11 bits per heavy atom. The molecule has 0 saturated heterocycles. The van der Waals surface area contributed by atoms with Gasteiger partial charge in [-0.05, 0) is 37.1 Å². The molecule has 1 N–H and O–H groups in total. The van der Waals surface area contributed by atoms with Crippen LogP contribution in [-0.2, 0) is 6.42 Å². The van der Waals surface area contributed by atoms with Crippen molar-refractivity contribution in [1.29, 1.82) is 0 Å². The zero-order valence-electron chi connectivity index (χ0n) is 14.6. The van der Waals surface area contributed by atoms with Crippen molar-refractivity contribution in [2.75, 3.05) is 5.32 Å². The molecular weight excluding hydrogens is 384 g/mol. The summed E-state index contributed by atoms with van der Waals surface area (Å²) in [7, 11) is 0. The van der Waals surface area contributed by atoms with Crippen molar-refractivity contribution in [3.05, 3.63) is 69.2 Å². The quantitative estimate of drug-likeness (QED) is 0.566. The van der Waals surface area contributed by atoms with Crippen LogP contribution in [0.1, 0.15) is 32.3 Å². The Bertz CT molecular complexity index is 1150. The number of rotatable bonds is 4. The number of hydrogen-bond acceptors (Lipinski definition) is 6. The van der Waals surface area contributed by atoms with Gasteiger partial charge in [0.05, 0.1) is 0 Å². The highest BCUT2D eigenvalue weighted by Gasteiger charge is 2.16. The van der Waals surface area contributed by atoms with Crippen molar-refractivity contribution >= 4 is 39.8 Å². The van der Waals surface area contributed by atoms with E-state index in [1.165, 1.54) is 15.9 Å². The maximum absolute atomic E-state index is 12.4. The molecule has 4 rings (SSSR count). The fourth-order valence-electron chi connectivity index (χ4n) is 2.55. The normalized spacial score (nSPS) is 11.1. The van der Waals surface area contributed by atoms with E-state index in [0.717, 1.165) is 26.7 Å². The van der Waals surface area contributed by atoms with Crippen LogP contribution in [-0.4, -0.2) is 30.5 Å². The van der Waals surface area contributed by atoms with Gasteiger partial charge in [-0.1, -0.05) is 23.7 Å². The lowest BCUT2D eigenvalue weighted by atomic mass is 10.1. The Morgan fingerprint density at radius 3 is 2.89 bits per heavy atom. The summed E-state index contributed by atoms with van der Waals surface area (Å²) < 4.78 is 1.53. The minimum Gasteiger partial charge on any atom is -0.295 e. The average molecular weight is 399 g/mol. The number of aryl methyl sites for hydroxylation is 2. The first-order chi connectivity index (χ1) is 13.0. The van der Waals surface area contributed by atoms with Gasteiger partial charge in [0.15, 0.2) is 5.13 Å². The number of anilines is 1. The summed E-state index contributed by atoms with van der Waals surface area (Å²) in [6.07, 6.45) is 4.07. The van der Waals surface area contributed by atoms with E-state index in [9.17, 15) is 4.79 Å². The molecule has 0 aliphatic rings. The molecule has 7 nitrogen and oxygen atoms in total. The number of carbonyl (C=O) groups excluding carboxylic acids is 1. The van der Waals surface area contributed by atoms with Gasteiger partial charge in [-0.2, -0.15) is 4.98 Å². The fourth-order valence-corrected chi connectivity index (χ4v) is 3.60. The molecule has 0 atom stereocenters. The minimum atomic E-state index is -0.417. The Hall–Kier alpha value is -2.84. The molecule has 0 aliphatic heterocycles. The van der Waals surface area contributed by atoms with E-state index < -0.39 is 5.91 Å². The molecule has 0 saturated carbocycles. The fraction of sp³-hybridized carbons (Fsp3) is 0.167. The molecular formula is C18H15ClN6OS. The van der Waals surface area contributed by atoms with Crippen molar-refractivity contribution in [2.24, 2.45) is 0 Å². The smallest absolute Gasteiger partial charge is 0.295 e. The van der Waals surface area contributed by atoms with Crippen molar-refractivity contribution in [3.8, 4) is 0 Å². The molecule has 0 aliphatic carbocycles. The first kappa shape index (κ1) is 17.6. The number of carbonyl (C=O) groups is 1. The number of fused-ring (bicyclic) bond motifs is 1. The second kappa shape index (κ2) is 7.05. The highest BCUT2D eigenvalue weighted by Crippen LogP contribution is 2.24. The number of halogens is 1. The summed E-state index contributed by atoms with van der Waals surface area (Å²) in [5.41, 5.74) is 2.98. The van der Waals surface area contributed by atoms with Gasteiger partial charge in [0.1, 0.15) is 0 Å². The van der Waals surface area contributed by atoms with E-state index in [0.29, 0.717) is 17.3 Å². The number of nitrogens with one attached hydrogen (secondary N) is 1. The lowest BCUT2D eigenvalue weighted by molar-refractivity contribution is 0.101. The van der Waals surface area contributed by atoms with E-state index in [1.54, 1.807) is 18.5 Å². The number of hydrogen-bond donors (Lipinski definition) is 1. The Balaban J connectivity index is 1.48. The molecule has 27 heavy (non-hydrogen) atoms. The number of nitrogens with zero attached hydrogens (tertiary/aromatic N) is 5. The van der Waals surface area contributed by atoms with Crippen LogP contribution in [0.4, 0.5) is 5.13 Å². The second-order valence-electron chi connectivity index (χ2n) is 6.08. The zero-order valence-corrected chi connectivity index (χ0v) is 16.2. The van der Waals surface area contributed by atoms with Crippen LogP contribution >= 0.6 is 22.9 Å². The van der Waals surface area contributed by atoms with Gasteiger partial charge >= 0.3 is 0 Å². The summed E-state index contributed by atoms with van der Waals surface area (Å²) in [5.74, 6) is 0.0225. The molecule has 0 unspecified atom stereocenters. The number of aromatic nitrogens is 5. The van der Waals surface area contributed by atoms with E-state index in [1.807, 2.05) is 32.0 Å². The van der Waals surface area contributed by atoms with Gasteiger partial charge in [0.2, 0.25) is 5.82 Å². The Labute approximate surface area is 164 Å². The Morgan fingerprint density at radius 1 is 1.26 bits per heavy atom. The molecule has 136 valence electrons. The van der Waals surface area contributed by atoms with Crippen molar-refractivity contribution in [1.82, 2.24) is 24.6 Å². The van der Waals surface area contributed by atoms with E-state index in [2.05, 4.69) is 25.4 Å². The predicted molar refractivity (Wildman–Crippen MR) is 105 cm³/mol. The molecule has 1 aromatic carbocycles. The number of benzene rings is 1. The van der Waals surface area contributed by atoms with Crippen LogP contribution in [0.3, 0.4) is 0 Å². The lowest BCUT2D eigenvalue weighted by Crippen LogP contribution is -2.13. The van der Waals surface area contributed by atoms with Gasteiger partial charge in [-0.3, -0.25) is 10.1 Å². The third kappa shape index (κ3) is 3.67. The molecule has 0 spiro atoms. The van der Waals surface area contributed by atoms with E-state index in [-0.39, 0.29) is 5.82 Å². The third-order valence-electron chi connectivity index (χ3n) is 4.02. The summed E-state index contributed by atoms with van der Waals surface area (Å²) >= 11 is 7.58. The van der Waals surface area contributed by atoms with Crippen LogP contribution in [0.25, 0.3) is 5.78 Å².